The molecule has 0 unspecified atom stereocenters. The van der Waals surface area contributed by atoms with Crippen LogP contribution in [0.2, 0.25) is 0 Å². The van der Waals surface area contributed by atoms with Crippen molar-refractivity contribution in [2.24, 2.45) is 0 Å². The van der Waals surface area contributed by atoms with Crippen LogP contribution in [0.25, 0.3) is 0 Å². The number of nitrogens with one attached hydrogen (secondary N) is 1. The summed E-state index contributed by atoms with van der Waals surface area (Å²) >= 11 is 1.88. The van der Waals surface area contributed by atoms with Gasteiger partial charge in [-0.05, 0) is 19.1 Å². The molecule has 1 N–H and O–H groups in total. The molecule has 1 aliphatic carbocycles. The maximum atomic E-state index is 3.49. The van der Waals surface area contributed by atoms with E-state index in [1.807, 2.05) is 11.8 Å². The van der Waals surface area contributed by atoms with Crippen molar-refractivity contribution < 1.29 is 0 Å². The Bertz CT molecular complexity index is 69.3. The molecule has 2 heteroatoms. The van der Waals surface area contributed by atoms with Crippen LogP contribution in [0.15, 0.2) is 0 Å². The smallest absolute Gasteiger partial charge is 0.0417 e. The second-order valence-corrected chi connectivity index (χ2v) is 3.48. The van der Waals surface area contributed by atoms with E-state index in [2.05, 4.69) is 11.6 Å². The molecule has 0 spiro atoms. The standard InChI is InChI=1S/C7H15NS/c1-9-6-8-7-4-2-3-5-7/h7-8H,2-6H2,1H3. The lowest BCUT2D eigenvalue weighted by Gasteiger charge is -2.08. The summed E-state index contributed by atoms with van der Waals surface area (Å²) in [5, 5.41) is 3.49. The van der Waals surface area contributed by atoms with E-state index >= 15 is 0 Å². The summed E-state index contributed by atoms with van der Waals surface area (Å²) in [5.41, 5.74) is 0. The first-order valence-electron chi connectivity index (χ1n) is 3.66. The molecule has 1 aliphatic rings. The molecule has 0 amide bonds. The van der Waals surface area contributed by atoms with E-state index in [0.717, 1.165) is 11.9 Å². The summed E-state index contributed by atoms with van der Waals surface area (Å²) in [6.45, 7) is 0. The minimum atomic E-state index is 0.845. The van der Waals surface area contributed by atoms with Crippen LogP contribution >= 0.6 is 11.8 Å². The molecule has 54 valence electrons. The van der Waals surface area contributed by atoms with Crippen molar-refractivity contribution in [3.63, 3.8) is 0 Å². The van der Waals surface area contributed by atoms with Crippen molar-refractivity contribution in [3.8, 4) is 0 Å². The van der Waals surface area contributed by atoms with Crippen LogP contribution in [0.1, 0.15) is 25.7 Å². The van der Waals surface area contributed by atoms with Crippen LogP contribution in [-0.2, 0) is 0 Å². The molecule has 1 nitrogen and oxygen atoms in total. The highest BCUT2D eigenvalue weighted by Gasteiger charge is 2.12. The topological polar surface area (TPSA) is 12.0 Å². The van der Waals surface area contributed by atoms with Crippen LogP contribution in [0.5, 0.6) is 0 Å². The van der Waals surface area contributed by atoms with Gasteiger partial charge in [-0.3, -0.25) is 0 Å². The van der Waals surface area contributed by atoms with Gasteiger partial charge in [-0.25, -0.2) is 0 Å². The van der Waals surface area contributed by atoms with E-state index in [4.69, 9.17) is 0 Å². The van der Waals surface area contributed by atoms with Crippen LogP contribution in [0.3, 0.4) is 0 Å². The molecule has 1 rings (SSSR count). The largest absolute Gasteiger partial charge is 0.305 e. The Balaban J connectivity index is 1.98. The van der Waals surface area contributed by atoms with E-state index < -0.39 is 0 Å². The summed E-state index contributed by atoms with van der Waals surface area (Å²) in [7, 11) is 0. The first kappa shape index (κ1) is 7.42. The molecule has 0 bridgehead atoms. The minimum absolute atomic E-state index is 0.845. The third-order valence-corrected chi connectivity index (χ3v) is 2.33. The summed E-state index contributed by atoms with van der Waals surface area (Å²) in [6.07, 6.45) is 7.82. The predicted octanol–water partition coefficient (Wildman–Crippen LogP) is 1.84. The first-order chi connectivity index (χ1) is 4.43. The van der Waals surface area contributed by atoms with Crippen molar-refractivity contribution >= 4 is 11.8 Å². The fourth-order valence-electron chi connectivity index (χ4n) is 1.33. The van der Waals surface area contributed by atoms with Gasteiger partial charge < -0.3 is 5.32 Å². The molecule has 0 aliphatic heterocycles. The predicted molar refractivity (Wildman–Crippen MR) is 43.8 cm³/mol. The van der Waals surface area contributed by atoms with Gasteiger partial charge in [-0.15, -0.1) is 11.8 Å². The van der Waals surface area contributed by atoms with Gasteiger partial charge in [-0.1, -0.05) is 12.8 Å². The Morgan fingerprint density at radius 3 is 2.67 bits per heavy atom. The van der Waals surface area contributed by atoms with Gasteiger partial charge in [0.15, 0.2) is 0 Å². The van der Waals surface area contributed by atoms with Crippen molar-refractivity contribution in [1.29, 1.82) is 0 Å². The second kappa shape index (κ2) is 4.18. The zero-order valence-electron chi connectivity index (χ0n) is 6.02. The Hall–Kier alpha value is 0.310. The van der Waals surface area contributed by atoms with Gasteiger partial charge >= 0.3 is 0 Å². The number of hydrogen-bond donors (Lipinski definition) is 1. The van der Waals surface area contributed by atoms with Crippen molar-refractivity contribution in [1.82, 2.24) is 5.32 Å². The van der Waals surface area contributed by atoms with Crippen LogP contribution in [0, 0.1) is 0 Å². The molecule has 1 fully saturated rings. The monoisotopic (exact) mass is 145 g/mol. The summed E-state index contributed by atoms with van der Waals surface area (Å²) in [6, 6.07) is 0.845. The maximum absolute atomic E-state index is 3.49. The van der Waals surface area contributed by atoms with Crippen LogP contribution < -0.4 is 5.32 Å². The molecule has 0 radical (unpaired) electrons. The van der Waals surface area contributed by atoms with E-state index in [0.29, 0.717) is 0 Å². The third kappa shape index (κ3) is 2.59. The van der Waals surface area contributed by atoms with Gasteiger partial charge in [0.25, 0.3) is 0 Å². The van der Waals surface area contributed by atoms with Gasteiger partial charge in [-0.2, -0.15) is 0 Å². The highest BCUT2D eigenvalue weighted by Crippen LogP contribution is 2.17. The van der Waals surface area contributed by atoms with E-state index in [1.54, 1.807) is 0 Å². The molecule has 0 aromatic rings. The van der Waals surface area contributed by atoms with Crippen molar-refractivity contribution in [2.75, 3.05) is 12.1 Å². The molecule has 0 heterocycles. The molecule has 0 aromatic heterocycles. The zero-order valence-corrected chi connectivity index (χ0v) is 6.84. The van der Waals surface area contributed by atoms with E-state index in [9.17, 15) is 0 Å². The lowest BCUT2D eigenvalue weighted by molar-refractivity contribution is 0.572. The SMILES string of the molecule is CSCNC1CCCC1. The fraction of sp³-hybridized carbons (Fsp3) is 1.00. The number of hydrogen-bond acceptors (Lipinski definition) is 2. The number of rotatable bonds is 3. The van der Waals surface area contributed by atoms with Gasteiger partial charge in [0.1, 0.15) is 0 Å². The maximum Gasteiger partial charge on any atom is 0.0417 e. The normalized spacial score (nSPS) is 21.0. The zero-order chi connectivity index (χ0) is 6.53. The van der Waals surface area contributed by atoms with Gasteiger partial charge in [0.2, 0.25) is 0 Å². The highest BCUT2D eigenvalue weighted by molar-refractivity contribution is 7.98. The average Bonchev–Trinajstić information content (AvgIpc) is 2.34. The van der Waals surface area contributed by atoms with Gasteiger partial charge in [0, 0.05) is 11.9 Å². The molecule has 0 aromatic carbocycles. The van der Waals surface area contributed by atoms with Crippen molar-refractivity contribution in [2.45, 2.75) is 31.7 Å². The quantitative estimate of drug-likeness (QED) is 0.608. The Morgan fingerprint density at radius 2 is 2.11 bits per heavy atom. The van der Waals surface area contributed by atoms with E-state index in [-0.39, 0.29) is 0 Å². The van der Waals surface area contributed by atoms with Crippen LogP contribution in [-0.4, -0.2) is 18.2 Å². The molecule has 0 atom stereocenters. The lowest BCUT2D eigenvalue weighted by Crippen LogP contribution is -2.24. The van der Waals surface area contributed by atoms with E-state index in [1.165, 1.54) is 25.7 Å². The first-order valence-corrected chi connectivity index (χ1v) is 5.05. The fourth-order valence-corrected chi connectivity index (χ4v) is 1.73. The van der Waals surface area contributed by atoms with Gasteiger partial charge in [0.05, 0.1) is 0 Å². The lowest BCUT2D eigenvalue weighted by atomic mass is 10.3. The summed E-state index contributed by atoms with van der Waals surface area (Å²) < 4.78 is 0. The Morgan fingerprint density at radius 1 is 1.44 bits per heavy atom. The summed E-state index contributed by atoms with van der Waals surface area (Å²) in [5.74, 6) is 1.13. The molecular weight excluding hydrogens is 130 g/mol. The second-order valence-electron chi connectivity index (χ2n) is 2.62. The highest BCUT2D eigenvalue weighted by atomic mass is 32.2. The summed E-state index contributed by atoms with van der Waals surface area (Å²) in [4.78, 5) is 0. The molecule has 0 saturated heterocycles. The molecule has 9 heavy (non-hydrogen) atoms. The number of thioether (sulfide) groups is 1. The average molecular weight is 145 g/mol. The minimum Gasteiger partial charge on any atom is -0.305 e. The van der Waals surface area contributed by atoms with Crippen molar-refractivity contribution in [3.05, 3.63) is 0 Å². The Labute approximate surface area is 61.6 Å². The van der Waals surface area contributed by atoms with Crippen LogP contribution in [0.4, 0.5) is 0 Å². The molecule has 1 saturated carbocycles. The molecular formula is C7H15NS. The third-order valence-electron chi connectivity index (χ3n) is 1.87. The Kier molecular flexibility index (Phi) is 3.44.